The molecule has 0 spiro atoms. The molecular formula is C13H22N4O. The summed E-state index contributed by atoms with van der Waals surface area (Å²) in [4.78, 5) is 18.2. The van der Waals surface area contributed by atoms with E-state index >= 15 is 0 Å². The van der Waals surface area contributed by atoms with E-state index in [2.05, 4.69) is 21.8 Å². The third kappa shape index (κ3) is 3.32. The van der Waals surface area contributed by atoms with Crippen molar-refractivity contribution in [1.29, 1.82) is 0 Å². The fourth-order valence-corrected chi connectivity index (χ4v) is 2.36. The molecular weight excluding hydrogens is 228 g/mol. The molecule has 100 valence electrons. The summed E-state index contributed by atoms with van der Waals surface area (Å²) in [6.07, 6.45) is 5.28. The second-order valence-corrected chi connectivity index (χ2v) is 4.97. The summed E-state index contributed by atoms with van der Waals surface area (Å²) in [6, 6.07) is 0.415. The number of imidazole rings is 1. The predicted octanol–water partition coefficient (Wildman–Crippen LogP) is 0.792. The molecule has 2 heterocycles. The highest BCUT2D eigenvalue weighted by molar-refractivity contribution is 5.76. The Hall–Kier alpha value is -1.36. The van der Waals surface area contributed by atoms with Crippen molar-refractivity contribution in [3.63, 3.8) is 0 Å². The van der Waals surface area contributed by atoms with Crippen LogP contribution in [0.3, 0.4) is 0 Å². The fourth-order valence-electron chi connectivity index (χ4n) is 2.36. The number of hydrogen-bond donors (Lipinski definition) is 1. The third-order valence-electron chi connectivity index (χ3n) is 3.43. The minimum atomic E-state index is 0.279. The largest absolute Gasteiger partial charge is 0.340 e. The van der Waals surface area contributed by atoms with Crippen molar-refractivity contribution in [2.75, 3.05) is 19.6 Å². The Morgan fingerprint density at radius 2 is 2.44 bits per heavy atom. The van der Waals surface area contributed by atoms with E-state index < -0.39 is 0 Å². The van der Waals surface area contributed by atoms with Crippen molar-refractivity contribution in [3.8, 4) is 0 Å². The molecule has 5 heteroatoms. The molecule has 2 rings (SSSR count). The lowest BCUT2D eigenvalue weighted by molar-refractivity contribution is -0.132. The number of aromatic nitrogens is 2. The second kappa shape index (κ2) is 6.00. The van der Waals surface area contributed by atoms with Crippen LogP contribution in [-0.4, -0.2) is 46.0 Å². The average Bonchev–Trinajstić information content (AvgIpc) is 2.75. The number of hydrogen-bond acceptors (Lipinski definition) is 3. The zero-order chi connectivity index (χ0) is 13.0. The smallest absolute Gasteiger partial charge is 0.222 e. The van der Waals surface area contributed by atoms with Gasteiger partial charge in [0, 0.05) is 51.0 Å². The summed E-state index contributed by atoms with van der Waals surface area (Å²) >= 11 is 0. The predicted molar refractivity (Wildman–Crippen MR) is 70.2 cm³/mol. The summed E-state index contributed by atoms with van der Waals surface area (Å²) in [6.45, 7) is 7.57. The van der Waals surface area contributed by atoms with Crippen molar-refractivity contribution < 1.29 is 4.79 Å². The number of nitrogens with one attached hydrogen (secondary N) is 1. The van der Waals surface area contributed by atoms with Gasteiger partial charge in [-0.15, -0.1) is 0 Å². The van der Waals surface area contributed by atoms with E-state index in [4.69, 9.17) is 0 Å². The van der Waals surface area contributed by atoms with Gasteiger partial charge in [0.05, 0.1) is 0 Å². The molecule has 1 aliphatic heterocycles. The zero-order valence-electron chi connectivity index (χ0n) is 11.2. The molecule has 5 nitrogen and oxygen atoms in total. The number of piperazine rings is 1. The van der Waals surface area contributed by atoms with Crippen molar-refractivity contribution in [2.45, 2.75) is 39.3 Å². The number of aryl methyl sites for hydroxylation is 2. The monoisotopic (exact) mass is 250 g/mol. The van der Waals surface area contributed by atoms with Crippen molar-refractivity contribution in [3.05, 3.63) is 18.2 Å². The molecule has 1 amide bonds. The van der Waals surface area contributed by atoms with Crippen LogP contribution in [0, 0.1) is 6.92 Å². The normalized spacial score (nSPS) is 20.1. The lowest BCUT2D eigenvalue weighted by Crippen LogP contribution is -2.51. The minimum absolute atomic E-state index is 0.279. The maximum atomic E-state index is 12.0. The molecule has 0 aliphatic carbocycles. The first-order chi connectivity index (χ1) is 8.66. The molecule has 0 saturated carbocycles. The van der Waals surface area contributed by atoms with Crippen molar-refractivity contribution >= 4 is 5.91 Å². The molecule has 0 radical (unpaired) electrons. The van der Waals surface area contributed by atoms with Crippen LogP contribution in [0.2, 0.25) is 0 Å². The minimum Gasteiger partial charge on any atom is -0.340 e. The first-order valence-corrected chi connectivity index (χ1v) is 6.65. The van der Waals surface area contributed by atoms with E-state index in [-0.39, 0.29) is 5.91 Å². The van der Waals surface area contributed by atoms with E-state index in [0.29, 0.717) is 12.5 Å². The lowest BCUT2D eigenvalue weighted by Gasteiger charge is -2.32. The number of carbonyl (C=O) groups is 1. The highest BCUT2D eigenvalue weighted by Crippen LogP contribution is 2.05. The average molecular weight is 250 g/mol. The Labute approximate surface area is 108 Å². The SMILES string of the molecule is Cc1nccn1CCCC(=O)N1CCN[C@H](C)C1. The van der Waals surface area contributed by atoms with Crippen molar-refractivity contribution in [1.82, 2.24) is 19.8 Å². The van der Waals surface area contributed by atoms with Crippen molar-refractivity contribution in [2.24, 2.45) is 0 Å². The molecule has 1 fully saturated rings. The summed E-state index contributed by atoms with van der Waals surface area (Å²) < 4.78 is 2.09. The number of rotatable bonds is 4. The molecule has 0 bridgehead atoms. The molecule has 0 aromatic carbocycles. The fraction of sp³-hybridized carbons (Fsp3) is 0.692. The topological polar surface area (TPSA) is 50.2 Å². The Bertz CT molecular complexity index is 401. The maximum Gasteiger partial charge on any atom is 0.222 e. The Balaban J connectivity index is 1.73. The van der Waals surface area contributed by atoms with Gasteiger partial charge in [0.15, 0.2) is 0 Å². The second-order valence-electron chi connectivity index (χ2n) is 4.97. The van der Waals surface area contributed by atoms with E-state index in [1.54, 1.807) is 6.20 Å². The van der Waals surface area contributed by atoms with E-state index in [9.17, 15) is 4.79 Å². The van der Waals surface area contributed by atoms with Gasteiger partial charge in [-0.3, -0.25) is 4.79 Å². The van der Waals surface area contributed by atoms with Gasteiger partial charge < -0.3 is 14.8 Å². The van der Waals surface area contributed by atoms with Crippen LogP contribution < -0.4 is 5.32 Å². The van der Waals surface area contributed by atoms with Crippen LogP contribution in [0.5, 0.6) is 0 Å². The van der Waals surface area contributed by atoms with Gasteiger partial charge in [0.1, 0.15) is 5.82 Å². The van der Waals surface area contributed by atoms with Crippen LogP contribution in [-0.2, 0) is 11.3 Å². The van der Waals surface area contributed by atoms with Crippen LogP contribution in [0.15, 0.2) is 12.4 Å². The molecule has 1 aliphatic rings. The number of carbonyl (C=O) groups excluding carboxylic acids is 1. The van der Waals surface area contributed by atoms with E-state index in [0.717, 1.165) is 38.4 Å². The first-order valence-electron chi connectivity index (χ1n) is 6.65. The molecule has 1 N–H and O–H groups in total. The van der Waals surface area contributed by atoms with E-state index in [1.807, 2.05) is 18.0 Å². The van der Waals surface area contributed by atoms with Crippen LogP contribution in [0.1, 0.15) is 25.6 Å². The molecule has 1 atom stereocenters. The highest BCUT2D eigenvalue weighted by atomic mass is 16.2. The van der Waals surface area contributed by atoms with Gasteiger partial charge in [-0.2, -0.15) is 0 Å². The van der Waals surface area contributed by atoms with Crippen LogP contribution in [0.4, 0.5) is 0 Å². The van der Waals surface area contributed by atoms with Gasteiger partial charge in [0.25, 0.3) is 0 Å². The van der Waals surface area contributed by atoms with Gasteiger partial charge in [-0.05, 0) is 20.3 Å². The zero-order valence-corrected chi connectivity index (χ0v) is 11.2. The standard InChI is InChI=1S/C13H22N4O/c1-11-10-17(9-5-14-11)13(18)4-3-7-16-8-6-15-12(16)2/h6,8,11,14H,3-5,7,9-10H2,1-2H3/t11-/m1/s1. The number of amides is 1. The number of nitrogens with zero attached hydrogens (tertiary/aromatic N) is 3. The summed E-state index contributed by atoms with van der Waals surface area (Å²) in [5.74, 6) is 1.29. The highest BCUT2D eigenvalue weighted by Gasteiger charge is 2.19. The summed E-state index contributed by atoms with van der Waals surface area (Å²) in [5, 5.41) is 3.35. The summed E-state index contributed by atoms with van der Waals surface area (Å²) in [5.41, 5.74) is 0. The Morgan fingerprint density at radius 1 is 1.61 bits per heavy atom. The molecule has 18 heavy (non-hydrogen) atoms. The Morgan fingerprint density at radius 3 is 3.11 bits per heavy atom. The molecule has 0 unspecified atom stereocenters. The molecule has 1 aromatic heterocycles. The maximum absolute atomic E-state index is 12.0. The van der Waals surface area contributed by atoms with Crippen LogP contribution in [0.25, 0.3) is 0 Å². The lowest BCUT2D eigenvalue weighted by atomic mass is 10.2. The third-order valence-corrected chi connectivity index (χ3v) is 3.43. The van der Waals surface area contributed by atoms with Gasteiger partial charge in [-0.25, -0.2) is 4.98 Å². The van der Waals surface area contributed by atoms with Crippen LogP contribution >= 0.6 is 0 Å². The first kappa shape index (κ1) is 13.1. The molecule has 1 saturated heterocycles. The van der Waals surface area contributed by atoms with Gasteiger partial charge in [0.2, 0.25) is 5.91 Å². The van der Waals surface area contributed by atoms with Gasteiger partial charge in [-0.1, -0.05) is 0 Å². The van der Waals surface area contributed by atoms with Gasteiger partial charge >= 0.3 is 0 Å². The Kier molecular flexibility index (Phi) is 4.36. The van der Waals surface area contributed by atoms with E-state index in [1.165, 1.54) is 0 Å². The summed E-state index contributed by atoms with van der Waals surface area (Å²) in [7, 11) is 0. The quantitative estimate of drug-likeness (QED) is 0.859. The molecule has 1 aromatic rings.